The minimum Gasteiger partial charge on any atom is -0.373 e. The van der Waals surface area contributed by atoms with E-state index < -0.39 is 0 Å². The van der Waals surface area contributed by atoms with Crippen molar-refractivity contribution in [3.63, 3.8) is 0 Å². The van der Waals surface area contributed by atoms with Gasteiger partial charge < -0.3 is 10.6 Å². The van der Waals surface area contributed by atoms with Crippen LogP contribution >= 0.6 is 0 Å². The minimum atomic E-state index is -0.238. The van der Waals surface area contributed by atoms with Crippen LogP contribution in [-0.2, 0) is 4.79 Å². The Kier molecular flexibility index (Phi) is 4.99. The lowest BCUT2D eigenvalue weighted by Gasteiger charge is -2.16. The van der Waals surface area contributed by atoms with Crippen molar-refractivity contribution >= 4 is 22.4 Å². The van der Waals surface area contributed by atoms with Crippen molar-refractivity contribution in [3.8, 4) is 0 Å². The van der Waals surface area contributed by atoms with Crippen LogP contribution in [0.5, 0.6) is 0 Å². The quantitative estimate of drug-likeness (QED) is 0.788. The predicted octanol–water partition coefficient (Wildman–Crippen LogP) is 3.56. The molecule has 0 saturated heterocycles. The van der Waals surface area contributed by atoms with E-state index in [-0.39, 0.29) is 11.9 Å². The molecule has 1 atom stereocenters. The molecule has 1 unspecified atom stereocenters. The Bertz CT molecular complexity index is 575. The largest absolute Gasteiger partial charge is 0.373 e. The first kappa shape index (κ1) is 14.4. The summed E-state index contributed by atoms with van der Waals surface area (Å²) in [5.74, 6) is 0.0476. The Hall–Kier alpha value is -2.03. The molecule has 0 aliphatic carbocycles. The van der Waals surface area contributed by atoms with E-state index in [1.54, 1.807) is 0 Å². The van der Waals surface area contributed by atoms with Crippen molar-refractivity contribution in [2.45, 2.75) is 32.7 Å². The molecule has 0 spiro atoms. The van der Waals surface area contributed by atoms with Gasteiger partial charge in [0.05, 0.1) is 0 Å². The third-order valence-corrected chi connectivity index (χ3v) is 3.38. The fourth-order valence-electron chi connectivity index (χ4n) is 2.19. The maximum absolute atomic E-state index is 12.0. The number of fused-ring (bicyclic) bond motifs is 1. The van der Waals surface area contributed by atoms with Crippen molar-refractivity contribution in [1.29, 1.82) is 0 Å². The van der Waals surface area contributed by atoms with Crippen molar-refractivity contribution in [3.05, 3.63) is 42.5 Å². The molecule has 0 heterocycles. The molecule has 1 amide bonds. The van der Waals surface area contributed by atoms with Crippen molar-refractivity contribution in [2.75, 3.05) is 11.9 Å². The summed E-state index contributed by atoms with van der Waals surface area (Å²) in [7, 11) is 0. The number of anilines is 1. The zero-order valence-corrected chi connectivity index (χ0v) is 12.1. The minimum absolute atomic E-state index is 0.0476. The zero-order chi connectivity index (χ0) is 14.4. The van der Waals surface area contributed by atoms with Crippen LogP contribution in [0, 0.1) is 0 Å². The second-order valence-electron chi connectivity index (χ2n) is 5.04. The summed E-state index contributed by atoms with van der Waals surface area (Å²) in [5, 5.41) is 8.57. The van der Waals surface area contributed by atoms with Gasteiger partial charge in [0.25, 0.3) is 0 Å². The molecule has 2 N–H and O–H groups in total. The summed E-state index contributed by atoms with van der Waals surface area (Å²) in [5.41, 5.74) is 1.00. The van der Waals surface area contributed by atoms with Crippen molar-refractivity contribution < 1.29 is 4.79 Å². The van der Waals surface area contributed by atoms with Crippen LogP contribution in [0.1, 0.15) is 26.7 Å². The summed E-state index contributed by atoms with van der Waals surface area (Å²) in [6.45, 7) is 4.75. The van der Waals surface area contributed by atoms with Crippen LogP contribution in [0.3, 0.4) is 0 Å². The van der Waals surface area contributed by atoms with Crippen LogP contribution in [0.15, 0.2) is 42.5 Å². The highest BCUT2D eigenvalue weighted by Gasteiger charge is 2.12. The SMILES string of the molecule is CCCCNC(=O)C(C)Nc1cccc2ccccc12. The highest BCUT2D eigenvalue weighted by molar-refractivity contribution is 5.95. The summed E-state index contributed by atoms with van der Waals surface area (Å²) >= 11 is 0. The monoisotopic (exact) mass is 270 g/mol. The Morgan fingerprint density at radius 3 is 2.70 bits per heavy atom. The van der Waals surface area contributed by atoms with Crippen molar-refractivity contribution in [2.24, 2.45) is 0 Å². The van der Waals surface area contributed by atoms with Gasteiger partial charge in [-0.3, -0.25) is 4.79 Å². The first-order valence-corrected chi connectivity index (χ1v) is 7.24. The van der Waals surface area contributed by atoms with Crippen LogP contribution in [-0.4, -0.2) is 18.5 Å². The van der Waals surface area contributed by atoms with Gasteiger partial charge in [-0.1, -0.05) is 49.7 Å². The highest BCUT2D eigenvalue weighted by atomic mass is 16.2. The van der Waals surface area contributed by atoms with Gasteiger partial charge in [0.2, 0.25) is 5.91 Å². The Balaban J connectivity index is 2.06. The number of nitrogens with one attached hydrogen (secondary N) is 2. The Labute approximate surface area is 120 Å². The van der Waals surface area contributed by atoms with Gasteiger partial charge in [0.15, 0.2) is 0 Å². The highest BCUT2D eigenvalue weighted by Crippen LogP contribution is 2.23. The summed E-state index contributed by atoms with van der Waals surface area (Å²) in [4.78, 5) is 12.0. The van der Waals surface area contributed by atoms with E-state index in [2.05, 4.69) is 35.8 Å². The number of hydrogen-bond donors (Lipinski definition) is 2. The van der Waals surface area contributed by atoms with Crippen LogP contribution < -0.4 is 10.6 Å². The molecule has 0 radical (unpaired) electrons. The van der Waals surface area contributed by atoms with Crippen LogP contribution in [0.4, 0.5) is 5.69 Å². The van der Waals surface area contributed by atoms with E-state index in [0.29, 0.717) is 0 Å². The Morgan fingerprint density at radius 1 is 1.15 bits per heavy atom. The fourth-order valence-corrected chi connectivity index (χ4v) is 2.19. The van der Waals surface area contributed by atoms with E-state index in [9.17, 15) is 4.79 Å². The van der Waals surface area contributed by atoms with Gasteiger partial charge in [-0.25, -0.2) is 0 Å². The number of benzene rings is 2. The molecule has 2 aromatic carbocycles. The molecule has 0 aliphatic heterocycles. The third kappa shape index (κ3) is 3.50. The van der Waals surface area contributed by atoms with Gasteiger partial charge in [-0.15, -0.1) is 0 Å². The number of unbranched alkanes of at least 4 members (excludes halogenated alkanes) is 1. The van der Waals surface area contributed by atoms with Gasteiger partial charge in [0.1, 0.15) is 6.04 Å². The number of amides is 1. The summed E-state index contributed by atoms with van der Waals surface area (Å²) < 4.78 is 0. The van der Waals surface area contributed by atoms with Gasteiger partial charge in [-0.2, -0.15) is 0 Å². The van der Waals surface area contributed by atoms with Gasteiger partial charge >= 0.3 is 0 Å². The molecule has 2 rings (SSSR count). The summed E-state index contributed by atoms with van der Waals surface area (Å²) in [6, 6.07) is 14.0. The van der Waals surface area contributed by atoms with Crippen molar-refractivity contribution in [1.82, 2.24) is 5.32 Å². The number of carbonyl (C=O) groups excluding carboxylic acids is 1. The molecule has 3 heteroatoms. The molecular weight excluding hydrogens is 248 g/mol. The normalized spacial score (nSPS) is 12.1. The molecule has 20 heavy (non-hydrogen) atoms. The standard InChI is InChI=1S/C17H22N2O/c1-3-4-12-18-17(20)13(2)19-16-11-7-9-14-8-5-6-10-15(14)16/h5-11,13,19H,3-4,12H2,1-2H3,(H,18,20). The zero-order valence-electron chi connectivity index (χ0n) is 12.1. The maximum Gasteiger partial charge on any atom is 0.242 e. The molecule has 0 bridgehead atoms. The molecule has 0 saturated carbocycles. The van der Waals surface area contributed by atoms with Gasteiger partial charge in [-0.05, 0) is 24.8 Å². The second kappa shape index (κ2) is 6.94. The topological polar surface area (TPSA) is 41.1 Å². The molecule has 2 aromatic rings. The molecule has 0 aromatic heterocycles. The number of hydrogen-bond acceptors (Lipinski definition) is 2. The lowest BCUT2D eigenvalue weighted by atomic mass is 10.1. The predicted molar refractivity (Wildman–Crippen MR) is 85.0 cm³/mol. The average Bonchev–Trinajstić information content (AvgIpc) is 2.47. The van der Waals surface area contributed by atoms with E-state index in [1.165, 1.54) is 5.39 Å². The van der Waals surface area contributed by atoms with Gasteiger partial charge in [0, 0.05) is 17.6 Å². The lowest BCUT2D eigenvalue weighted by molar-refractivity contribution is -0.121. The molecular formula is C17H22N2O. The first-order chi connectivity index (χ1) is 9.72. The third-order valence-electron chi connectivity index (χ3n) is 3.38. The lowest BCUT2D eigenvalue weighted by Crippen LogP contribution is -2.38. The van der Waals surface area contributed by atoms with E-state index in [1.807, 2.05) is 31.2 Å². The second-order valence-corrected chi connectivity index (χ2v) is 5.04. The smallest absolute Gasteiger partial charge is 0.242 e. The first-order valence-electron chi connectivity index (χ1n) is 7.24. The average molecular weight is 270 g/mol. The number of rotatable bonds is 6. The van der Waals surface area contributed by atoms with Crippen LogP contribution in [0.25, 0.3) is 10.8 Å². The van der Waals surface area contributed by atoms with E-state index in [4.69, 9.17) is 0 Å². The molecule has 0 fully saturated rings. The van der Waals surface area contributed by atoms with E-state index >= 15 is 0 Å². The van der Waals surface area contributed by atoms with E-state index in [0.717, 1.165) is 30.5 Å². The fraction of sp³-hybridized carbons (Fsp3) is 0.353. The molecule has 106 valence electrons. The van der Waals surface area contributed by atoms with Crippen LogP contribution in [0.2, 0.25) is 0 Å². The summed E-state index contributed by atoms with van der Waals surface area (Å²) in [6.07, 6.45) is 2.11. The molecule has 3 nitrogen and oxygen atoms in total. The molecule has 0 aliphatic rings. The number of carbonyl (C=O) groups is 1. The Morgan fingerprint density at radius 2 is 1.90 bits per heavy atom. The maximum atomic E-state index is 12.0.